The smallest absolute Gasteiger partial charge is 0.127 e. The number of aliphatic hydroxyl groups is 1. The zero-order chi connectivity index (χ0) is 10.3. The molecule has 1 aromatic rings. The molecule has 2 N–H and O–H groups in total. The summed E-state index contributed by atoms with van der Waals surface area (Å²) < 4.78 is 1.86. The molecule has 1 aromatic heterocycles. The van der Waals surface area contributed by atoms with Gasteiger partial charge in [0.15, 0.2) is 0 Å². The van der Waals surface area contributed by atoms with Crippen molar-refractivity contribution in [3.63, 3.8) is 0 Å². The molecule has 2 heterocycles. The molecule has 4 nitrogen and oxygen atoms in total. The van der Waals surface area contributed by atoms with Crippen LogP contribution in [-0.2, 0) is 7.05 Å². The molecule has 0 aromatic carbocycles. The SMILES string of the molecule is Cc1nn(C)c2c1C(CO)CC(C)N2. The topological polar surface area (TPSA) is 50.1 Å². The Labute approximate surface area is 83.9 Å². The van der Waals surface area contributed by atoms with Crippen molar-refractivity contribution in [1.29, 1.82) is 0 Å². The second-order valence-electron chi connectivity index (χ2n) is 4.13. The van der Waals surface area contributed by atoms with Crippen LogP contribution in [0.5, 0.6) is 0 Å². The highest BCUT2D eigenvalue weighted by Gasteiger charge is 2.28. The van der Waals surface area contributed by atoms with Gasteiger partial charge in [-0.3, -0.25) is 4.68 Å². The van der Waals surface area contributed by atoms with Gasteiger partial charge in [0, 0.05) is 24.6 Å². The Morgan fingerprint density at radius 2 is 2.36 bits per heavy atom. The van der Waals surface area contributed by atoms with Gasteiger partial charge >= 0.3 is 0 Å². The summed E-state index contributed by atoms with van der Waals surface area (Å²) in [4.78, 5) is 0. The van der Waals surface area contributed by atoms with Crippen LogP contribution in [0.25, 0.3) is 0 Å². The van der Waals surface area contributed by atoms with Crippen LogP contribution in [0.2, 0.25) is 0 Å². The highest BCUT2D eigenvalue weighted by molar-refractivity contribution is 5.52. The lowest BCUT2D eigenvalue weighted by atomic mass is 9.90. The molecule has 0 bridgehead atoms. The van der Waals surface area contributed by atoms with E-state index in [2.05, 4.69) is 17.3 Å². The quantitative estimate of drug-likeness (QED) is 0.703. The Morgan fingerprint density at radius 3 is 3.00 bits per heavy atom. The number of hydrogen-bond acceptors (Lipinski definition) is 3. The summed E-state index contributed by atoms with van der Waals surface area (Å²) in [6.45, 7) is 4.35. The van der Waals surface area contributed by atoms with Crippen LogP contribution in [-0.4, -0.2) is 27.5 Å². The third kappa shape index (κ3) is 1.30. The Morgan fingerprint density at radius 1 is 1.64 bits per heavy atom. The van der Waals surface area contributed by atoms with Crippen molar-refractivity contribution in [2.45, 2.75) is 32.2 Å². The van der Waals surface area contributed by atoms with Gasteiger partial charge in [0.05, 0.1) is 12.3 Å². The standard InChI is InChI=1S/C10H17N3O/c1-6-4-8(5-14)9-7(2)12-13(3)10(9)11-6/h6,8,11,14H,4-5H2,1-3H3. The third-order valence-electron chi connectivity index (χ3n) is 2.92. The van der Waals surface area contributed by atoms with E-state index in [4.69, 9.17) is 0 Å². The first kappa shape index (κ1) is 9.52. The van der Waals surface area contributed by atoms with E-state index in [-0.39, 0.29) is 12.5 Å². The minimum absolute atomic E-state index is 0.214. The summed E-state index contributed by atoms with van der Waals surface area (Å²) in [5.74, 6) is 1.32. The van der Waals surface area contributed by atoms with Crippen LogP contribution in [0.1, 0.15) is 30.5 Å². The van der Waals surface area contributed by atoms with E-state index < -0.39 is 0 Å². The van der Waals surface area contributed by atoms with Gasteiger partial charge in [-0.15, -0.1) is 0 Å². The molecule has 2 rings (SSSR count). The van der Waals surface area contributed by atoms with E-state index in [9.17, 15) is 5.11 Å². The summed E-state index contributed by atoms with van der Waals surface area (Å²) in [5, 5.41) is 17.1. The maximum atomic E-state index is 9.32. The number of aliphatic hydroxyl groups excluding tert-OH is 1. The molecule has 0 spiro atoms. The molecule has 0 radical (unpaired) electrons. The van der Waals surface area contributed by atoms with Crippen molar-refractivity contribution < 1.29 is 5.11 Å². The van der Waals surface area contributed by atoms with E-state index in [0.29, 0.717) is 6.04 Å². The van der Waals surface area contributed by atoms with Gasteiger partial charge in [0.1, 0.15) is 5.82 Å². The minimum atomic E-state index is 0.214. The fourth-order valence-corrected chi connectivity index (χ4v) is 2.34. The summed E-state index contributed by atoms with van der Waals surface area (Å²) in [5.41, 5.74) is 2.22. The number of aryl methyl sites for hydroxylation is 2. The van der Waals surface area contributed by atoms with Crippen LogP contribution in [0, 0.1) is 6.92 Å². The zero-order valence-electron chi connectivity index (χ0n) is 8.91. The number of rotatable bonds is 1. The maximum absolute atomic E-state index is 9.32. The average Bonchev–Trinajstić information content (AvgIpc) is 2.41. The monoisotopic (exact) mass is 195 g/mol. The first-order chi connectivity index (χ1) is 6.63. The predicted octanol–water partition coefficient (Wildman–Crippen LogP) is 1.01. The van der Waals surface area contributed by atoms with Crippen molar-refractivity contribution in [3.8, 4) is 0 Å². The molecular weight excluding hydrogens is 178 g/mol. The lowest BCUT2D eigenvalue weighted by Crippen LogP contribution is -2.27. The van der Waals surface area contributed by atoms with E-state index in [0.717, 1.165) is 17.9 Å². The molecule has 1 aliphatic rings. The van der Waals surface area contributed by atoms with Gasteiger partial charge in [0.2, 0.25) is 0 Å². The maximum Gasteiger partial charge on any atom is 0.127 e. The van der Waals surface area contributed by atoms with E-state index in [1.54, 1.807) is 0 Å². The summed E-state index contributed by atoms with van der Waals surface area (Å²) in [7, 11) is 1.94. The van der Waals surface area contributed by atoms with Crippen molar-refractivity contribution in [2.24, 2.45) is 7.05 Å². The van der Waals surface area contributed by atoms with Gasteiger partial charge in [-0.05, 0) is 20.3 Å². The fraction of sp³-hybridized carbons (Fsp3) is 0.700. The molecular formula is C10H17N3O. The molecule has 0 saturated heterocycles. The summed E-state index contributed by atoms with van der Waals surface area (Å²) in [6.07, 6.45) is 0.982. The van der Waals surface area contributed by atoms with E-state index >= 15 is 0 Å². The van der Waals surface area contributed by atoms with Gasteiger partial charge < -0.3 is 10.4 Å². The lowest BCUT2D eigenvalue weighted by Gasteiger charge is -2.28. The van der Waals surface area contributed by atoms with Gasteiger partial charge in [-0.25, -0.2) is 0 Å². The third-order valence-corrected chi connectivity index (χ3v) is 2.92. The van der Waals surface area contributed by atoms with Crippen molar-refractivity contribution in [3.05, 3.63) is 11.3 Å². The first-order valence-corrected chi connectivity index (χ1v) is 5.04. The van der Waals surface area contributed by atoms with Crippen LogP contribution in [0.4, 0.5) is 5.82 Å². The highest BCUT2D eigenvalue weighted by atomic mass is 16.3. The molecule has 0 fully saturated rings. The molecule has 1 aliphatic heterocycles. The van der Waals surface area contributed by atoms with Crippen molar-refractivity contribution in [1.82, 2.24) is 9.78 Å². The Kier molecular flexibility index (Phi) is 2.23. The Balaban J connectivity index is 2.48. The highest BCUT2D eigenvalue weighted by Crippen LogP contribution is 2.35. The first-order valence-electron chi connectivity index (χ1n) is 5.04. The minimum Gasteiger partial charge on any atom is -0.396 e. The molecule has 0 aliphatic carbocycles. The summed E-state index contributed by atoms with van der Waals surface area (Å²) in [6, 6.07) is 0.412. The number of nitrogens with one attached hydrogen (secondary N) is 1. The molecule has 2 atom stereocenters. The lowest BCUT2D eigenvalue weighted by molar-refractivity contribution is 0.253. The van der Waals surface area contributed by atoms with Crippen LogP contribution >= 0.6 is 0 Å². The number of hydrogen-bond donors (Lipinski definition) is 2. The second-order valence-corrected chi connectivity index (χ2v) is 4.13. The number of anilines is 1. The number of nitrogens with zero attached hydrogens (tertiary/aromatic N) is 2. The van der Waals surface area contributed by atoms with E-state index in [1.807, 2.05) is 18.7 Å². The second kappa shape index (κ2) is 3.28. The Hall–Kier alpha value is -1.03. The Bertz CT molecular complexity index is 345. The summed E-state index contributed by atoms with van der Waals surface area (Å²) >= 11 is 0. The molecule has 0 saturated carbocycles. The molecule has 14 heavy (non-hydrogen) atoms. The fourth-order valence-electron chi connectivity index (χ4n) is 2.34. The van der Waals surface area contributed by atoms with Crippen molar-refractivity contribution >= 4 is 5.82 Å². The van der Waals surface area contributed by atoms with E-state index in [1.165, 1.54) is 5.56 Å². The van der Waals surface area contributed by atoms with Gasteiger partial charge in [0.25, 0.3) is 0 Å². The van der Waals surface area contributed by atoms with Crippen LogP contribution in [0.15, 0.2) is 0 Å². The molecule has 2 unspecified atom stereocenters. The molecule has 4 heteroatoms. The predicted molar refractivity (Wildman–Crippen MR) is 55.5 cm³/mol. The molecule has 78 valence electrons. The largest absolute Gasteiger partial charge is 0.396 e. The van der Waals surface area contributed by atoms with Gasteiger partial charge in [-0.1, -0.05) is 0 Å². The zero-order valence-corrected chi connectivity index (χ0v) is 8.91. The number of fused-ring (bicyclic) bond motifs is 1. The normalized spacial score (nSPS) is 25.7. The van der Waals surface area contributed by atoms with Crippen molar-refractivity contribution in [2.75, 3.05) is 11.9 Å². The van der Waals surface area contributed by atoms with Crippen LogP contribution in [0.3, 0.4) is 0 Å². The van der Waals surface area contributed by atoms with Crippen LogP contribution < -0.4 is 5.32 Å². The average molecular weight is 195 g/mol. The number of aromatic nitrogens is 2. The molecule has 0 amide bonds. The van der Waals surface area contributed by atoms with Gasteiger partial charge in [-0.2, -0.15) is 5.10 Å².